The zero-order valence-corrected chi connectivity index (χ0v) is 11.0. The molecule has 0 N–H and O–H groups in total. The van der Waals surface area contributed by atoms with E-state index in [2.05, 4.69) is 6.92 Å². The molecule has 1 heterocycles. The largest absolute Gasteiger partial charge is 0.493 e. The first-order chi connectivity index (χ1) is 8.74. The zero-order valence-electron chi connectivity index (χ0n) is 11.0. The van der Waals surface area contributed by atoms with E-state index in [0.717, 1.165) is 12.8 Å². The molecule has 0 aromatic heterocycles. The molecule has 98 valence electrons. The maximum absolute atomic E-state index is 12.4. The molecule has 1 aliphatic heterocycles. The minimum Gasteiger partial charge on any atom is -0.493 e. The normalized spacial score (nSPS) is 23.0. The second kappa shape index (κ2) is 6.01. The van der Waals surface area contributed by atoms with Crippen molar-refractivity contribution in [1.82, 2.24) is 0 Å². The average molecular weight is 248 g/mol. The van der Waals surface area contributed by atoms with Gasteiger partial charge in [0.1, 0.15) is 11.9 Å². The highest BCUT2D eigenvalue weighted by Crippen LogP contribution is 2.27. The van der Waals surface area contributed by atoms with Crippen LogP contribution in [-0.2, 0) is 4.74 Å². The number of hydrogen-bond donors (Lipinski definition) is 0. The van der Waals surface area contributed by atoms with Crippen LogP contribution in [0.1, 0.15) is 37.0 Å². The number of benzene rings is 1. The summed E-state index contributed by atoms with van der Waals surface area (Å²) in [6.07, 6.45) is 1.57. The van der Waals surface area contributed by atoms with Crippen LogP contribution in [0.5, 0.6) is 5.75 Å². The van der Waals surface area contributed by atoms with Crippen molar-refractivity contribution in [2.75, 3.05) is 13.2 Å². The number of para-hydroxylation sites is 1. The Labute approximate surface area is 108 Å². The van der Waals surface area contributed by atoms with E-state index < -0.39 is 0 Å². The van der Waals surface area contributed by atoms with Crippen molar-refractivity contribution in [1.29, 1.82) is 0 Å². The van der Waals surface area contributed by atoms with E-state index >= 15 is 0 Å². The highest BCUT2D eigenvalue weighted by atomic mass is 16.5. The fourth-order valence-electron chi connectivity index (χ4n) is 2.19. The average Bonchev–Trinajstić information content (AvgIpc) is 2.82. The Bertz CT molecular complexity index is 414. The van der Waals surface area contributed by atoms with Crippen molar-refractivity contribution >= 4 is 5.78 Å². The first-order valence-corrected chi connectivity index (χ1v) is 6.61. The van der Waals surface area contributed by atoms with Crippen LogP contribution >= 0.6 is 0 Å². The SMILES string of the molecule is CCCOc1ccccc1C(=O)C1OCCC1C. The van der Waals surface area contributed by atoms with E-state index in [1.54, 1.807) is 0 Å². The highest BCUT2D eigenvalue weighted by molar-refractivity contribution is 6.02. The van der Waals surface area contributed by atoms with Gasteiger partial charge in [-0.05, 0) is 30.9 Å². The Morgan fingerprint density at radius 1 is 1.44 bits per heavy atom. The van der Waals surface area contributed by atoms with Crippen LogP contribution in [0.3, 0.4) is 0 Å². The molecule has 1 aliphatic rings. The van der Waals surface area contributed by atoms with Gasteiger partial charge in [0.25, 0.3) is 0 Å². The summed E-state index contributed by atoms with van der Waals surface area (Å²) in [6.45, 7) is 5.42. The number of ether oxygens (including phenoxy) is 2. The highest BCUT2D eigenvalue weighted by Gasteiger charge is 2.32. The van der Waals surface area contributed by atoms with Gasteiger partial charge in [0.05, 0.1) is 12.2 Å². The molecule has 2 unspecified atom stereocenters. The number of ketones is 1. The number of rotatable bonds is 5. The van der Waals surface area contributed by atoms with Gasteiger partial charge in [-0.1, -0.05) is 26.0 Å². The molecular weight excluding hydrogens is 228 g/mol. The molecule has 0 spiro atoms. The smallest absolute Gasteiger partial charge is 0.195 e. The van der Waals surface area contributed by atoms with Gasteiger partial charge in [-0.15, -0.1) is 0 Å². The van der Waals surface area contributed by atoms with Crippen molar-refractivity contribution in [3.8, 4) is 5.75 Å². The molecule has 3 heteroatoms. The number of Topliss-reactive ketones (excluding diaryl/α,β-unsaturated/α-hetero) is 1. The third-order valence-electron chi connectivity index (χ3n) is 3.26. The maximum atomic E-state index is 12.4. The minimum absolute atomic E-state index is 0.0479. The van der Waals surface area contributed by atoms with Crippen LogP contribution in [0.25, 0.3) is 0 Å². The van der Waals surface area contributed by atoms with Crippen molar-refractivity contribution < 1.29 is 14.3 Å². The van der Waals surface area contributed by atoms with Crippen LogP contribution < -0.4 is 4.74 Å². The molecular formula is C15H20O3. The van der Waals surface area contributed by atoms with Crippen molar-refractivity contribution in [2.45, 2.75) is 32.8 Å². The van der Waals surface area contributed by atoms with Gasteiger partial charge < -0.3 is 9.47 Å². The van der Waals surface area contributed by atoms with Crippen molar-refractivity contribution in [2.24, 2.45) is 5.92 Å². The Balaban J connectivity index is 2.18. The molecule has 2 rings (SSSR count). The molecule has 1 saturated heterocycles. The maximum Gasteiger partial charge on any atom is 0.195 e. The van der Waals surface area contributed by atoms with Gasteiger partial charge in [0.15, 0.2) is 5.78 Å². The lowest BCUT2D eigenvalue weighted by molar-refractivity contribution is 0.0575. The van der Waals surface area contributed by atoms with Crippen molar-refractivity contribution in [3.63, 3.8) is 0 Å². The Morgan fingerprint density at radius 2 is 2.22 bits per heavy atom. The Hall–Kier alpha value is -1.35. The molecule has 3 nitrogen and oxygen atoms in total. The summed E-state index contributed by atoms with van der Waals surface area (Å²) in [4.78, 5) is 12.4. The summed E-state index contributed by atoms with van der Waals surface area (Å²) < 4.78 is 11.2. The lowest BCUT2D eigenvalue weighted by Crippen LogP contribution is -2.25. The fraction of sp³-hybridized carbons (Fsp3) is 0.533. The van der Waals surface area contributed by atoms with E-state index in [0.29, 0.717) is 24.5 Å². The Kier molecular flexibility index (Phi) is 4.37. The molecule has 1 aromatic rings. The van der Waals surface area contributed by atoms with Crippen LogP contribution in [0.2, 0.25) is 0 Å². The van der Waals surface area contributed by atoms with Crippen LogP contribution in [0.4, 0.5) is 0 Å². The predicted molar refractivity (Wildman–Crippen MR) is 70.1 cm³/mol. The van der Waals surface area contributed by atoms with E-state index in [9.17, 15) is 4.79 Å². The molecule has 0 aliphatic carbocycles. The van der Waals surface area contributed by atoms with E-state index in [-0.39, 0.29) is 17.8 Å². The lowest BCUT2D eigenvalue weighted by Gasteiger charge is -2.16. The van der Waals surface area contributed by atoms with Gasteiger partial charge in [0, 0.05) is 6.61 Å². The van der Waals surface area contributed by atoms with Gasteiger partial charge in [-0.25, -0.2) is 0 Å². The minimum atomic E-state index is -0.309. The van der Waals surface area contributed by atoms with Gasteiger partial charge in [0.2, 0.25) is 0 Å². The number of hydrogen-bond acceptors (Lipinski definition) is 3. The molecule has 0 amide bonds. The lowest BCUT2D eigenvalue weighted by atomic mass is 9.96. The second-order valence-electron chi connectivity index (χ2n) is 4.77. The van der Waals surface area contributed by atoms with Crippen LogP contribution in [0, 0.1) is 5.92 Å². The molecule has 0 saturated carbocycles. The summed E-state index contributed by atoms with van der Waals surface area (Å²) in [6, 6.07) is 7.43. The Morgan fingerprint density at radius 3 is 2.89 bits per heavy atom. The molecule has 0 radical (unpaired) electrons. The second-order valence-corrected chi connectivity index (χ2v) is 4.77. The molecule has 18 heavy (non-hydrogen) atoms. The van der Waals surface area contributed by atoms with E-state index in [1.807, 2.05) is 31.2 Å². The summed E-state index contributed by atoms with van der Waals surface area (Å²) >= 11 is 0. The van der Waals surface area contributed by atoms with E-state index in [4.69, 9.17) is 9.47 Å². The summed E-state index contributed by atoms with van der Waals surface area (Å²) in [5.74, 6) is 1.01. The summed E-state index contributed by atoms with van der Waals surface area (Å²) in [5.41, 5.74) is 0.643. The summed E-state index contributed by atoms with van der Waals surface area (Å²) in [7, 11) is 0. The standard InChI is InChI=1S/C15H20O3/c1-3-9-17-13-7-5-4-6-12(13)14(16)15-11(2)8-10-18-15/h4-7,11,15H,3,8-10H2,1-2H3. The van der Waals surface area contributed by atoms with Gasteiger partial charge in [-0.3, -0.25) is 4.79 Å². The van der Waals surface area contributed by atoms with Gasteiger partial charge >= 0.3 is 0 Å². The van der Waals surface area contributed by atoms with E-state index in [1.165, 1.54) is 0 Å². The summed E-state index contributed by atoms with van der Waals surface area (Å²) in [5, 5.41) is 0. The first kappa shape index (κ1) is 13.1. The number of carbonyl (C=O) groups excluding carboxylic acids is 1. The molecule has 1 fully saturated rings. The molecule has 1 aromatic carbocycles. The van der Waals surface area contributed by atoms with Crippen LogP contribution in [-0.4, -0.2) is 25.1 Å². The fourth-order valence-corrected chi connectivity index (χ4v) is 2.19. The third kappa shape index (κ3) is 2.72. The third-order valence-corrected chi connectivity index (χ3v) is 3.26. The predicted octanol–water partition coefficient (Wildman–Crippen LogP) is 3.08. The quantitative estimate of drug-likeness (QED) is 0.751. The van der Waals surface area contributed by atoms with Crippen LogP contribution in [0.15, 0.2) is 24.3 Å². The van der Waals surface area contributed by atoms with Crippen molar-refractivity contribution in [3.05, 3.63) is 29.8 Å². The topological polar surface area (TPSA) is 35.5 Å². The number of carbonyl (C=O) groups is 1. The molecule has 2 atom stereocenters. The molecule has 0 bridgehead atoms. The van der Waals surface area contributed by atoms with Gasteiger partial charge in [-0.2, -0.15) is 0 Å². The monoisotopic (exact) mass is 248 g/mol. The zero-order chi connectivity index (χ0) is 13.0. The first-order valence-electron chi connectivity index (χ1n) is 6.61.